The highest BCUT2D eigenvalue weighted by molar-refractivity contribution is 5.82. The topological polar surface area (TPSA) is 116 Å². The van der Waals surface area contributed by atoms with E-state index in [2.05, 4.69) is 5.43 Å². The Morgan fingerprint density at radius 2 is 1.85 bits per heavy atom. The van der Waals surface area contributed by atoms with Crippen LogP contribution < -0.4 is 16.2 Å². The van der Waals surface area contributed by atoms with Crippen LogP contribution in [0.25, 0.3) is 0 Å². The van der Waals surface area contributed by atoms with Gasteiger partial charge in [-0.3, -0.25) is 20.0 Å². The molecule has 1 aliphatic carbocycles. The van der Waals surface area contributed by atoms with Crippen LogP contribution in [0.5, 0.6) is 0 Å². The van der Waals surface area contributed by atoms with Gasteiger partial charge in [-0.2, -0.15) is 0 Å². The number of aliphatic hydroxyl groups is 1. The lowest BCUT2D eigenvalue weighted by molar-refractivity contribution is -0.137. The molecular formula is C20H31N3O4. The number of aliphatic carboxylic acids is 1. The second kappa shape index (κ2) is 10.9. The number of amides is 1. The summed E-state index contributed by atoms with van der Waals surface area (Å²) in [6, 6.07) is 8.54. The van der Waals surface area contributed by atoms with Gasteiger partial charge in [-0.25, -0.2) is 0 Å². The number of hydrazine groups is 1. The van der Waals surface area contributed by atoms with Gasteiger partial charge in [0.25, 0.3) is 5.91 Å². The highest BCUT2D eigenvalue weighted by atomic mass is 16.4. The van der Waals surface area contributed by atoms with Gasteiger partial charge in [-0.15, -0.1) is 0 Å². The van der Waals surface area contributed by atoms with Crippen molar-refractivity contribution in [1.29, 1.82) is 0 Å². The predicted octanol–water partition coefficient (Wildman–Crippen LogP) is 2.05. The van der Waals surface area contributed by atoms with Gasteiger partial charge in [0.1, 0.15) is 6.10 Å². The minimum Gasteiger partial charge on any atom is -0.481 e. The number of carbonyl (C=O) groups is 2. The summed E-state index contributed by atoms with van der Waals surface area (Å²) in [6.45, 7) is 0.326. The number of carbonyl (C=O) groups excluding carboxylic acids is 1. The number of benzene rings is 1. The molecule has 1 fully saturated rings. The Bertz CT molecular complexity index is 590. The molecule has 0 spiro atoms. The molecule has 5 N–H and O–H groups in total. The average Bonchev–Trinajstić information content (AvgIpc) is 2.67. The van der Waals surface area contributed by atoms with Gasteiger partial charge in [0.05, 0.1) is 5.69 Å². The molecule has 0 aliphatic heterocycles. The molecule has 1 amide bonds. The van der Waals surface area contributed by atoms with Gasteiger partial charge in [0.2, 0.25) is 0 Å². The summed E-state index contributed by atoms with van der Waals surface area (Å²) < 4.78 is 0. The second-order valence-corrected chi connectivity index (χ2v) is 7.31. The minimum atomic E-state index is -1.29. The van der Waals surface area contributed by atoms with Crippen LogP contribution in [-0.2, 0) is 9.59 Å². The molecule has 0 saturated heterocycles. The van der Waals surface area contributed by atoms with Crippen LogP contribution in [0.15, 0.2) is 30.3 Å². The van der Waals surface area contributed by atoms with Crippen molar-refractivity contribution in [3.05, 3.63) is 30.3 Å². The SMILES string of the molecule is N[C@H](CC1CCCCC1)C(O)C(=O)NN(CCCC(=O)O)c1ccccc1. The fraction of sp³-hybridized carbons (Fsp3) is 0.600. The van der Waals surface area contributed by atoms with Gasteiger partial charge in [-0.1, -0.05) is 50.3 Å². The van der Waals surface area contributed by atoms with E-state index in [1.807, 2.05) is 30.3 Å². The smallest absolute Gasteiger partial charge is 0.303 e. The summed E-state index contributed by atoms with van der Waals surface area (Å²) in [5.41, 5.74) is 9.52. The van der Waals surface area contributed by atoms with E-state index in [-0.39, 0.29) is 6.42 Å². The molecule has 7 nitrogen and oxygen atoms in total. The number of anilines is 1. The van der Waals surface area contributed by atoms with Crippen LogP contribution in [0, 0.1) is 5.92 Å². The second-order valence-electron chi connectivity index (χ2n) is 7.31. The Morgan fingerprint density at radius 1 is 1.19 bits per heavy atom. The van der Waals surface area contributed by atoms with Gasteiger partial charge >= 0.3 is 5.97 Å². The van der Waals surface area contributed by atoms with Crippen molar-refractivity contribution >= 4 is 17.6 Å². The van der Waals surface area contributed by atoms with Crippen LogP contribution in [0.4, 0.5) is 5.69 Å². The lowest BCUT2D eigenvalue weighted by atomic mass is 9.84. The van der Waals surface area contributed by atoms with Crippen LogP contribution in [0.3, 0.4) is 0 Å². The zero-order valence-electron chi connectivity index (χ0n) is 15.7. The summed E-state index contributed by atoms with van der Waals surface area (Å²) in [7, 11) is 0. The first-order chi connectivity index (χ1) is 13.0. The summed E-state index contributed by atoms with van der Waals surface area (Å²) in [6.07, 6.45) is 5.54. The third-order valence-corrected chi connectivity index (χ3v) is 5.09. The molecule has 150 valence electrons. The summed E-state index contributed by atoms with van der Waals surface area (Å²) >= 11 is 0. The van der Waals surface area contributed by atoms with E-state index in [9.17, 15) is 14.7 Å². The lowest BCUT2D eigenvalue weighted by Gasteiger charge is -2.29. The maximum Gasteiger partial charge on any atom is 0.303 e. The first-order valence-corrected chi connectivity index (χ1v) is 9.76. The fourth-order valence-corrected chi connectivity index (χ4v) is 3.58. The van der Waals surface area contributed by atoms with Crippen LogP contribution in [0.1, 0.15) is 51.4 Å². The van der Waals surface area contributed by atoms with E-state index in [4.69, 9.17) is 10.8 Å². The van der Waals surface area contributed by atoms with E-state index in [1.165, 1.54) is 19.3 Å². The molecule has 1 aliphatic rings. The highest BCUT2D eigenvalue weighted by Crippen LogP contribution is 2.27. The zero-order chi connectivity index (χ0) is 19.6. The quantitative estimate of drug-likeness (QED) is 0.464. The van der Waals surface area contributed by atoms with Crippen molar-refractivity contribution in [3.8, 4) is 0 Å². The van der Waals surface area contributed by atoms with Crippen molar-refractivity contribution in [2.24, 2.45) is 11.7 Å². The molecule has 2 rings (SSSR count). The van der Waals surface area contributed by atoms with Crippen LogP contribution in [0.2, 0.25) is 0 Å². The number of hydrogen-bond donors (Lipinski definition) is 4. The van der Waals surface area contributed by atoms with Crippen molar-refractivity contribution in [2.75, 3.05) is 11.6 Å². The number of carboxylic acids is 1. The third-order valence-electron chi connectivity index (χ3n) is 5.09. The molecule has 0 aromatic heterocycles. The average molecular weight is 377 g/mol. The van der Waals surface area contributed by atoms with Gasteiger partial charge in [0.15, 0.2) is 0 Å². The number of rotatable bonds is 10. The monoisotopic (exact) mass is 377 g/mol. The molecule has 0 bridgehead atoms. The molecule has 1 aromatic carbocycles. The molecule has 0 heterocycles. The summed E-state index contributed by atoms with van der Waals surface area (Å²) in [4.78, 5) is 23.3. The fourth-order valence-electron chi connectivity index (χ4n) is 3.58. The largest absolute Gasteiger partial charge is 0.481 e. The van der Waals surface area contributed by atoms with Crippen molar-refractivity contribution in [2.45, 2.75) is 63.5 Å². The maximum absolute atomic E-state index is 12.5. The Morgan fingerprint density at radius 3 is 2.48 bits per heavy atom. The van der Waals surface area contributed by atoms with E-state index in [0.29, 0.717) is 25.3 Å². The first kappa shape index (κ1) is 21.2. The summed E-state index contributed by atoms with van der Waals surface area (Å²) in [5.74, 6) is -0.974. The molecule has 7 heteroatoms. The number of carboxylic acid groups (broad SMARTS) is 1. The Labute approximate surface area is 160 Å². The summed E-state index contributed by atoms with van der Waals surface area (Å²) in [5, 5.41) is 20.8. The standard InChI is InChI=1S/C20H31N3O4/c21-17(14-15-8-3-1-4-9-15)19(26)20(27)22-23(13-7-12-18(24)25)16-10-5-2-6-11-16/h2,5-6,10-11,15,17,19,26H,1,3-4,7-9,12-14,21H2,(H,22,27)(H,24,25)/t17-,19?/m1/s1. The number of nitrogens with zero attached hydrogens (tertiary/aromatic N) is 1. The van der Waals surface area contributed by atoms with Gasteiger partial charge < -0.3 is 15.9 Å². The van der Waals surface area contributed by atoms with E-state index in [0.717, 1.165) is 18.5 Å². The first-order valence-electron chi connectivity index (χ1n) is 9.76. The zero-order valence-corrected chi connectivity index (χ0v) is 15.7. The number of nitrogens with two attached hydrogens (primary N) is 1. The molecule has 0 radical (unpaired) electrons. The van der Waals surface area contributed by atoms with Crippen molar-refractivity contribution in [3.63, 3.8) is 0 Å². The molecular weight excluding hydrogens is 346 g/mol. The molecule has 1 unspecified atom stereocenters. The number of para-hydroxylation sites is 1. The van der Waals surface area contributed by atoms with Gasteiger partial charge in [0, 0.05) is 19.0 Å². The Hall–Kier alpha value is -2.12. The molecule has 2 atom stereocenters. The van der Waals surface area contributed by atoms with Crippen molar-refractivity contribution in [1.82, 2.24) is 5.43 Å². The molecule has 1 aromatic rings. The third kappa shape index (κ3) is 7.19. The normalized spacial score (nSPS) is 17.1. The number of aliphatic hydroxyl groups excluding tert-OH is 1. The van der Waals surface area contributed by atoms with Crippen LogP contribution >= 0.6 is 0 Å². The van der Waals surface area contributed by atoms with E-state index in [1.54, 1.807) is 5.01 Å². The molecule has 27 heavy (non-hydrogen) atoms. The minimum absolute atomic E-state index is 0.00293. The Balaban J connectivity index is 1.93. The molecule has 1 saturated carbocycles. The maximum atomic E-state index is 12.5. The van der Waals surface area contributed by atoms with Crippen molar-refractivity contribution < 1.29 is 19.8 Å². The van der Waals surface area contributed by atoms with Crippen LogP contribution in [-0.4, -0.2) is 40.8 Å². The number of hydrogen-bond acceptors (Lipinski definition) is 5. The van der Waals surface area contributed by atoms with E-state index < -0.39 is 24.0 Å². The Kier molecular flexibility index (Phi) is 8.54. The van der Waals surface area contributed by atoms with E-state index >= 15 is 0 Å². The number of nitrogens with one attached hydrogen (secondary N) is 1. The lowest BCUT2D eigenvalue weighted by Crippen LogP contribution is -2.53. The predicted molar refractivity (Wildman–Crippen MR) is 104 cm³/mol. The highest BCUT2D eigenvalue weighted by Gasteiger charge is 2.27. The van der Waals surface area contributed by atoms with Gasteiger partial charge in [-0.05, 0) is 30.9 Å².